The Kier molecular flexibility index (Phi) is 8.86. The smallest absolute Gasteiger partial charge is 0.251 e. The molecule has 0 saturated heterocycles. The van der Waals surface area contributed by atoms with Crippen molar-refractivity contribution in [2.75, 3.05) is 12.0 Å². The Bertz CT molecular complexity index is 1550. The van der Waals surface area contributed by atoms with Crippen LogP contribution in [0.1, 0.15) is 32.6 Å². The molecule has 0 saturated carbocycles. The molecule has 6 nitrogen and oxygen atoms in total. The number of carbonyl (C=O) groups is 1. The van der Waals surface area contributed by atoms with Crippen LogP contribution >= 0.6 is 11.3 Å². The largest absolute Gasteiger partial charge is 0.497 e. The van der Waals surface area contributed by atoms with Crippen LogP contribution in [0.2, 0.25) is 0 Å². The van der Waals surface area contributed by atoms with Gasteiger partial charge in [-0.15, -0.1) is 11.3 Å². The van der Waals surface area contributed by atoms with Gasteiger partial charge in [0.2, 0.25) is 0 Å². The summed E-state index contributed by atoms with van der Waals surface area (Å²) >= 11 is 1.62. The molecule has 7 heteroatoms. The third kappa shape index (κ3) is 6.94. The summed E-state index contributed by atoms with van der Waals surface area (Å²) in [5.74, 6) is 0.704. The number of ether oxygens (including phenoxy) is 1. The third-order valence-electron chi connectivity index (χ3n) is 6.61. The molecule has 0 radical (unpaired) electrons. The van der Waals surface area contributed by atoms with Gasteiger partial charge in [-0.2, -0.15) is 0 Å². The highest BCUT2D eigenvalue weighted by Gasteiger charge is 2.15. The average molecular weight is 549 g/mol. The van der Waals surface area contributed by atoms with Gasteiger partial charge in [0.05, 0.1) is 12.8 Å². The number of nitrogens with two attached hydrogens (primary N) is 1. The molecule has 5 aromatic rings. The Morgan fingerprint density at radius 1 is 0.850 bits per heavy atom. The molecule has 4 aromatic carbocycles. The Balaban J connectivity index is 1.30. The van der Waals surface area contributed by atoms with Gasteiger partial charge < -0.3 is 20.7 Å². The minimum Gasteiger partial charge on any atom is -0.497 e. The van der Waals surface area contributed by atoms with Crippen LogP contribution < -0.4 is 20.7 Å². The Labute approximate surface area is 239 Å². The molecule has 0 bridgehead atoms. The zero-order valence-electron chi connectivity index (χ0n) is 22.4. The summed E-state index contributed by atoms with van der Waals surface area (Å²) in [6.45, 7) is 2.32. The molecule has 40 heavy (non-hydrogen) atoms. The van der Waals surface area contributed by atoms with Crippen molar-refractivity contribution in [1.82, 2.24) is 10.3 Å². The van der Waals surface area contributed by atoms with Gasteiger partial charge in [0.25, 0.3) is 5.91 Å². The van der Waals surface area contributed by atoms with Crippen LogP contribution in [-0.2, 0) is 26.2 Å². The molecule has 3 N–H and O–H groups in total. The third-order valence-corrected chi connectivity index (χ3v) is 7.52. The minimum absolute atomic E-state index is 0.103. The molecule has 0 unspecified atom stereocenters. The number of hydrogen-bond acceptors (Lipinski definition) is 6. The van der Waals surface area contributed by atoms with Crippen LogP contribution in [0.3, 0.4) is 0 Å². The molecular formula is C33H32N4O2S. The number of aromatic nitrogens is 1. The lowest BCUT2D eigenvalue weighted by molar-refractivity contribution is 0.0951. The van der Waals surface area contributed by atoms with Crippen molar-refractivity contribution in [2.24, 2.45) is 5.73 Å². The molecule has 5 rings (SSSR count). The second-order valence-corrected chi connectivity index (χ2v) is 10.3. The highest BCUT2D eigenvalue weighted by atomic mass is 32.1. The topological polar surface area (TPSA) is 80.5 Å². The van der Waals surface area contributed by atoms with Crippen LogP contribution in [-0.4, -0.2) is 18.0 Å². The highest BCUT2D eigenvalue weighted by Crippen LogP contribution is 2.31. The maximum atomic E-state index is 12.8. The second-order valence-electron chi connectivity index (χ2n) is 9.49. The fraction of sp³-hybridized carbons (Fsp3) is 0.152. The summed E-state index contributed by atoms with van der Waals surface area (Å²) in [6, 6.07) is 34.1. The number of hydrogen-bond donors (Lipinski definition) is 2. The zero-order chi connectivity index (χ0) is 27.7. The molecule has 0 aliphatic heterocycles. The van der Waals surface area contributed by atoms with E-state index in [9.17, 15) is 4.79 Å². The molecule has 0 aliphatic carbocycles. The Morgan fingerprint density at radius 3 is 2.30 bits per heavy atom. The van der Waals surface area contributed by atoms with Crippen molar-refractivity contribution in [2.45, 2.75) is 26.2 Å². The molecule has 1 aromatic heterocycles. The van der Waals surface area contributed by atoms with Gasteiger partial charge in [-0.1, -0.05) is 78.9 Å². The fourth-order valence-electron chi connectivity index (χ4n) is 4.45. The van der Waals surface area contributed by atoms with Gasteiger partial charge in [-0.05, 0) is 46.5 Å². The van der Waals surface area contributed by atoms with Crippen molar-refractivity contribution in [3.05, 3.63) is 136 Å². The van der Waals surface area contributed by atoms with E-state index in [1.807, 2.05) is 78.9 Å². The van der Waals surface area contributed by atoms with Crippen LogP contribution in [0.4, 0.5) is 5.13 Å². The number of rotatable bonds is 11. The minimum atomic E-state index is -0.103. The van der Waals surface area contributed by atoms with Crippen molar-refractivity contribution >= 4 is 22.4 Å². The lowest BCUT2D eigenvalue weighted by atomic mass is 10.1. The summed E-state index contributed by atoms with van der Waals surface area (Å²) in [7, 11) is 1.67. The van der Waals surface area contributed by atoms with Crippen molar-refractivity contribution in [3.8, 4) is 17.0 Å². The SMILES string of the molecule is COc1cccc(-c2csc(N(Cc3ccccc3)Cc3ccc(C(=O)NCc4cccc(CN)c4)cc3)n2)c1. The molecular weight excluding hydrogens is 516 g/mol. The van der Waals surface area contributed by atoms with Gasteiger partial charge in [-0.3, -0.25) is 4.79 Å². The number of anilines is 1. The van der Waals surface area contributed by atoms with Gasteiger partial charge in [0, 0.05) is 42.7 Å². The average Bonchev–Trinajstić information content (AvgIpc) is 3.51. The van der Waals surface area contributed by atoms with E-state index < -0.39 is 0 Å². The first-order valence-corrected chi connectivity index (χ1v) is 14.0. The highest BCUT2D eigenvalue weighted by molar-refractivity contribution is 7.14. The van der Waals surface area contributed by atoms with E-state index in [-0.39, 0.29) is 5.91 Å². The van der Waals surface area contributed by atoms with Crippen molar-refractivity contribution < 1.29 is 9.53 Å². The standard InChI is InChI=1S/C33H32N4O2S/c1-39-30-12-6-11-29(18-30)31-23-40-33(36-31)37(21-24-7-3-2-4-8-24)22-25-13-15-28(16-14-25)32(38)35-20-27-10-5-9-26(17-27)19-34/h2-18,23H,19-22,34H2,1H3,(H,35,38). The second kappa shape index (κ2) is 13.1. The summed E-state index contributed by atoms with van der Waals surface area (Å²) in [4.78, 5) is 20.0. The Hall–Kier alpha value is -4.46. The van der Waals surface area contributed by atoms with E-state index >= 15 is 0 Å². The van der Waals surface area contributed by atoms with E-state index in [4.69, 9.17) is 15.5 Å². The maximum Gasteiger partial charge on any atom is 0.251 e. The number of benzene rings is 4. The number of amides is 1. The lowest BCUT2D eigenvalue weighted by Gasteiger charge is -2.22. The predicted octanol–water partition coefficient (Wildman–Crippen LogP) is 6.41. The number of nitrogens with zero attached hydrogens (tertiary/aromatic N) is 2. The summed E-state index contributed by atoms with van der Waals surface area (Å²) < 4.78 is 5.39. The maximum absolute atomic E-state index is 12.8. The number of nitrogens with one attached hydrogen (secondary N) is 1. The summed E-state index contributed by atoms with van der Waals surface area (Å²) in [6.07, 6.45) is 0. The summed E-state index contributed by atoms with van der Waals surface area (Å²) in [5, 5.41) is 6.02. The van der Waals surface area contributed by atoms with E-state index in [1.54, 1.807) is 18.4 Å². The number of thiazole rings is 1. The van der Waals surface area contributed by atoms with Gasteiger partial charge in [0.15, 0.2) is 5.13 Å². The first-order chi connectivity index (χ1) is 19.6. The molecule has 1 heterocycles. The van der Waals surface area contributed by atoms with Crippen LogP contribution in [0.25, 0.3) is 11.3 Å². The Morgan fingerprint density at radius 2 is 1.55 bits per heavy atom. The molecule has 202 valence electrons. The van der Waals surface area contributed by atoms with E-state index in [0.717, 1.165) is 45.4 Å². The lowest BCUT2D eigenvalue weighted by Crippen LogP contribution is -2.23. The molecule has 0 spiro atoms. The molecule has 0 atom stereocenters. The van der Waals surface area contributed by atoms with Gasteiger partial charge in [0.1, 0.15) is 5.75 Å². The monoisotopic (exact) mass is 548 g/mol. The zero-order valence-corrected chi connectivity index (χ0v) is 23.2. The van der Waals surface area contributed by atoms with E-state index in [1.165, 1.54) is 5.56 Å². The van der Waals surface area contributed by atoms with Gasteiger partial charge >= 0.3 is 0 Å². The summed E-state index contributed by atoms with van der Waals surface area (Å²) in [5.41, 5.74) is 12.7. The first kappa shape index (κ1) is 27.1. The molecule has 0 aliphatic rings. The van der Waals surface area contributed by atoms with Gasteiger partial charge in [-0.25, -0.2) is 4.98 Å². The predicted molar refractivity (Wildman–Crippen MR) is 162 cm³/mol. The number of methoxy groups -OCH3 is 1. The molecule has 0 fully saturated rings. The normalized spacial score (nSPS) is 10.8. The molecule has 1 amide bonds. The van der Waals surface area contributed by atoms with Crippen molar-refractivity contribution in [1.29, 1.82) is 0 Å². The number of carbonyl (C=O) groups excluding carboxylic acids is 1. The fourth-order valence-corrected chi connectivity index (χ4v) is 5.29. The van der Waals surface area contributed by atoms with Crippen molar-refractivity contribution in [3.63, 3.8) is 0 Å². The van der Waals surface area contributed by atoms with E-state index in [2.05, 4.69) is 39.9 Å². The first-order valence-electron chi connectivity index (χ1n) is 13.1. The van der Waals surface area contributed by atoms with Crippen LogP contribution in [0.15, 0.2) is 109 Å². The van der Waals surface area contributed by atoms with Crippen LogP contribution in [0.5, 0.6) is 5.75 Å². The quantitative estimate of drug-likeness (QED) is 0.199. The van der Waals surface area contributed by atoms with E-state index in [0.29, 0.717) is 25.2 Å². The van der Waals surface area contributed by atoms with Crippen LogP contribution in [0, 0.1) is 0 Å².